The number of hydrogen-bond acceptors (Lipinski definition) is 6. The molecule has 116 valence electrons. The zero-order valence-corrected chi connectivity index (χ0v) is 11.7. The van der Waals surface area contributed by atoms with Crippen molar-refractivity contribution in [3.63, 3.8) is 0 Å². The summed E-state index contributed by atoms with van der Waals surface area (Å²) < 4.78 is 0. The molecule has 0 fully saturated rings. The molecule has 1 unspecified atom stereocenters. The third-order valence-electron chi connectivity index (χ3n) is 3.09. The number of nitro groups is 1. The van der Waals surface area contributed by atoms with Gasteiger partial charge in [-0.1, -0.05) is 13.3 Å². The van der Waals surface area contributed by atoms with Crippen molar-refractivity contribution in [3.8, 4) is 0 Å². The van der Waals surface area contributed by atoms with Crippen LogP contribution in [0.5, 0.6) is 0 Å². The van der Waals surface area contributed by atoms with Crippen molar-refractivity contribution < 1.29 is 14.8 Å². The number of rotatable bonds is 6. The van der Waals surface area contributed by atoms with Crippen LogP contribution in [-0.4, -0.2) is 32.0 Å². The summed E-state index contributed by atoms with van der Waals surface area (Å²) in [5.74, 6) is -1.03. The first-order valence-corrected chi connectivity index (χ1v) is 6.60. The van der Waals surface area contributed by atoms with Gasteiger partial charge in [0.05, 0.1) is 15.8 Å². The number of hydrogen-bond donors (Lipinski definition) is 3. The highest BCUT2D eigenvalue weighted by Crippen LogP contribution is 2.17. The molecular formula is C13H14N4O5. The van der Waals surface area contributed by atoms with Crippen LogP contribution >= 0.6 is 0 Å². The average Bonchev–Trinajstić information content (AvgIpc) is 2.46. The summed E-state index contributed by atoms with van der Waals surface area (Å²) in [5, 5.41) is 22.5. The second-order valence-electron chi connectivity index (χ2n) is 4.70. The number of carboxylic acids is 1. The minimum atomic E-state index is -1.05. The molecule has 9 nitrogen and oxygen atoms in total. The number of anilines is 1. The van der Waals surface area contributed by atoms with Crippen LogP contribution in [0.2, 0.25) is 0 Å². The molecule has 2 rings (SSSR count). The minimum absolute atomic E-state index is 0.0206. The van der Waals surface area contributed by atoms with Gasteiger partial charge in [0.2, 0.25) is 5.95 Å². The average molecular weight is 306 g/mol. The Bertz CT molecular complexity index is 786. The van der Waals surface area contributed by atoms with Crippen LogP contribution in [0.15, 0.2) is 23.0 Å². The van der Waals surface area contributed by atoms with E-state index in [9.17, 15) is 19.7 Å². The molecule has 1 aromatic carbocycles. The molecule has 22 heavy (non-hydrogen) atoms. The predicted molar refractivity (Wildman–Crippen MR) is 79.0 cm³/mol. The molecule has 0 aliphatic heterocycles. The maximum Gasteiger partial charge on any atom is 0.326 e. The zero-order valence-electron chi connectivity index (χ0n) is 11.7. The lowest BCUT2D eigenvalue weighted by Gasteiger charge is -2.13. The van der Waals surface area contributed by atoms with Crippen LogP contribution in [0.25, 0.3) is 10.9 Å². The highest BCUT2D eigenvalue weighted by Gasteiger charge is 2.18. The third kappa shape index (κ3) is 3.19. The van der Waals surface area contributed by atoms with E-state index in [2.05, 4.69) is 15.3 Å². The van der Waals surface area contributed by atoms with Crippen molar-refractivity contribution in [1.29, 1.82) is 0 Å². The molecule has 0 radical (unpaired) electrons. The molecule has 0 bridgehead atoms. The van der Waals surface area contributed by atoms with Gasteiger partial charge in [-0.3, -0.25) is 19.9 Å². The molecule has 0 saturated heterocycles. The normalized spacial score (nSPS) is 12.0. The van der Waals surface area contributed by atoms with E-state index in [1.54, 1.807) is 0 Å². The Labute approximate surface area is 124 Å². The number of aliphatic carboxylic acids is 1. The SMILES string of the molecule is CCCC(Nc1nc2ccc([N+](=O)[O-])cc2c(=O)[nH]1)C(=O)O. The van der Waals surface area contributed by atoms with Crippen LogP contribution in [-0.2, 0) is 4.79 Å². The molecule has 0 saturated carbocycles. The van der Waals surface area contributed by atoms with Crippen LogP contribution in [0.4, 0.5) is 11.6 Å². The molecule has 1 aromatic heterocycles. The first kappa shape index (κ1) is 15.4. The summed E-state index contributed by atoms with van der Waals surface area (Å²) in [6.45, 7) is 1.84. The number of H-pyrrole nitrogens is 1. The molecule has 2 aromatic rings. The van der Waals surface area contributed by atoms with Crippen LogP contribution in [0, 0.1) is 10.1 Å². The molecule has 9 heteroatoms. The van der Waals surface area contributed by atoms with Gasteiger partial charge in [-0.2, -0.15) is 0 Å². The van der Waals surface area contributed by atoms with E-state index in [-0.39, 0.29) is 22.5 Å². The van der Waals surface area contributed by atoms with Crippen molar-refractivity contribution in [3.05, 3.63) is 38.7 Å². The van der Waals surface area contributed by atoms with Gasteiger partial charge in [0.25, 0.3) is 11.2 Å². The molecular weight excluding hydrogens is 292 g/mol. The largest absolute Gasteiger partial charge is 0.480 e. The number of carboxylic acid groups (broad SMARTS) is 1. The molecule has 0 aliphatic carbocycles. The van der Waals surface area contributed by atoms with Crippen LogP contribution in [0.1, 0.15) is 19.8 Å². The fraction of sp³-hybridized carbons (Fsp3) is 0.308. The maximum absolute atomic E-state index is 12.0. The number of aromatic amines is 1. The highest BCUT2D eigenvalue weighted by molar-refractivity contribution is 5.82. The van der Waals surface area contributed by atoms with E-state index in [1.807, 2.05) is 6.92 Å². The van der Waals surface area contributed by atoms with Gasteiger partial charge < -0.3 is 10.4 Å². The number of non-ortho nitro benzene ring substituents is 1. The first-order chi connectivity index (χ1) is 10.4. The fourth-order valence-electron chi connectivity index (χ4n) is 2.02. The number of fused-ring (bicyclic) bond motifs is 1. The number of benzene rings is 1. The van der Waals surface area contributed by atoms with E-state index in [0.717, 1.165) is 6.07 Å². The lowest BCUT2D eigenvalue weighted by Crippen LogP contribution is -2.30. The monoisotopic (exact) mass is 306 g/mol. The molecule has 0 amide bonds. The Morgan fingerprint density at radius 1 is 1.55 bits per heavy atom. The summed E-state index contributed by atoms with van der Waals surface area (Å²) >= 11 is 0. The van der Waals surface area contributed by atoms with E-state index in [4.69, 9.17) is 5.11 Å². The number of nitrogens with zero attached hydrogens (tertiary/aromatic N) is 2. The second kappa shape index (κ2) is 6.20. The minimum Gasteiger partial charge on any atom is -0.480 e. The van der Waals surface area contributed by atoms with Gasteiger partial charge in [-0.15, -0.1) is 0 Å². The topological polar surface area (TPSA) is 138 Å². The Morgan fingerprint density at radius 2 is 2.27 bits per heavy atom. The number of nitrogens with one attached hydrogen (secondary N) is 2. The number of aromatic nitrogens is 2. The Kier molecular flexibility index (Phi) is 4.35. The Morgan fingerprint density at radius 3 is 2.86 bits per heavy atom. The predicted octanol–water partition coefficient (Wildman–Crippen LogP) is 1.50. The van der Waals surface area contributed by atoms with Crippen LogP contribution in [0.3, 0.4) is 0 Å². The smallest absolute Gasteiger partial charge is 0.326 e. The fourth-order valence-corrected chi connectivity index (χ4v) is 2.02. The van der Waals surface area contributed by atoms with Gasteiger partial charge in [0.15, 0.2) is 0 Å². The lowest BCUT2D eigenvalue weighted by atomic mass is 10.2. The molecule has 0 spiro atoms. The maximum atomic E-state index is 12.0. The second-order valence-corrected chi connectivity index (χ2v) is 4.70. The van der Waals surface area contributed by atoms with Crippen molar-refractivity contribution in [2.75, 3.05) is 5.32 Å². The Balaban J connectivity index is 2.41. The van der Waals surface area contributed by atoms with E-state index in [0.29, 0.717) is 12.8 Å². The lowest BCUT2D eigenvalue weighted by molar-refractivity contribution is -0.384. The standard InChI is InChI=1S/C13H14N4O5/c1-2-3-10(12(19)20)15-13-14-9-5-4-7(17(21)22)6-8(9)11(18)16-13/h4-6,10H,2-3H2,1H3,(H,19,20)(H2,14,15,16,18). The van der Waals surface area contributed by atoms with Crippen molar-refractivity contribution in [2.45, 2.75) is 25.8 Å². The van der Waals surface area contributed by atoms with E-state index >= 15 is 0 Å². The van der Waals surface area contributed by atoms with E-state index in [1.165, 1.54) is 12.1 Å². The summed E-state index contributed by atoms with van der Waals surface area (Å²) in [7, 11) is 0. The van der Waals surface area contributed by atoms with Gasteiger partial charge in [-0.25, -0.2) is 9.78 Å². The van der Waals surface area contributed by atoms with Gasteiger partial charge >= 0.3 is 5.97 Å². The van der Waals surface area contributed by atoms with Crippen molar-refractivity contribution in [2.24, 2.45) is 0 Å². The molecule has 1 heterocycles. The van der Waals surface area contributed by atoms with Crippen LogP contribution < -0.4 is 10.9 Å². The quantitative estimate of drug-likeness (QED) is 0.543. The van der Waals surface area contributed by atoms with Crippen molar-refractivity contribution in [1.82, 2.24) is 9.97 Å². The molecule has 3 N–H and O–H groups in total. The number of nitro benzene ring substituents is 1. The molecule has 1 atom stereocenters. The van der Waals surface area contributed by atoms with Crippen molar-refractivity contribution >= 4 is 28.5 Å². The Hall–Kier alpha value is -2.97. The van der Waals surface area contributed by atoms with E-state index < -0.39 is 22.5 Å². The first-order valence-electron chi connectivity index (χ1n) is 6.60. The van der Waals surface area contributed by atoms with Gasteiger partial charge in [-0.05, 0) is 12.5 Å². The summed E-state index contributed by atoms with van der Waals surface area (Å²) in [6, 6.07) is 2.85. The summed E-state index contributed by atoms with van der Waals surface area (Å²) in [4.78, 5) is 39.7. The molecule has 0 aliphatic rings. The summed E-state index contributed by atoms with van der Waals surface area (Å²) in [6.07, 6.45) is 1.02. The number of carbonyl (C=O) groups is 1. The summed E-state index contributed by atoms with van der Waals surface area (Å²) in [5.41, 5.74) is -0.538. The third-order valence-corrected chi connectivity index (χ3v) is 3.09. The highest BCUT2D eigenvalue weighted by atomic mass is 16.6. The van der Waals surface area contributed by atoms with Gasteiger partial charge in [0.1, 0.15) is 6.04 Å². The zero-order chi connectivity index (χ0) is 16.3. The van der Waals surface area contributed by atoms with Gasteiger partial charge in [0, 0.05) is 12.1 Å².